The molecule has 274 valence electrons. The fraction of sp³-hybridized carbons (Fsp3) is 0.241. The number of nitrogens with two attached hydrogens (primary N) is 1. The number of halogens is 9. The summed E-state index contributed by atoms with van der Waals surface area (Å²) in [6.07, 6.45) is -8.29. The molecule has 22 heteroatoms. The molecule has 0 saturated heterocycles. The molecule has 4 aromatic heterocycles. The van der Waals surface area contributed by atoms with E-state index in [4.69, 9.17) is 22.7 Å². The third kappa shape index (κ3) is 12.3. The Morgan fingerprint density at radius 1 is 0.980 bits per heavy atom. The van der Waals surface area contributed by atoms with Gasteiger partial charge in [0.15, 0.2) is 11.6 Å². The number of nitrogen functional groups attached to an aromatic ring is 1. The van der Waals surface area contributed by atoms with Gasteiger partial charge in [0, 0.05) is 29.4 Å². The van der Waals surface area contributed by atoms with Crippen LogP contribution in [0.4, 0.5) is 56.6 Å². The van der Waals surface area contributed by atoms with Crippen LogP contribution in [0, 0.1) is 36.5 Å². The summed E-state index contributed by atoms with van der Waals surface area (Å²) in [6, 6.07) is 5.58. The summed E-state index contributed by atoms with van der Waals surface area (Å²) in [4.78, 5) is 46.5. The van der Waals surface area contributed by atoms with Gasteiger partial charge >= 0.3 is 12.1 Å². The van der Waals surface area contributed by atoms with Gasteiger partial charge in [-0.1, -0.05) is 7.43 Å². The van der Waals surface area contributed by atoms with Crippen molar-refractivity contribution < 1.29 is 54.2 Å². The highest BCUT2D eigenvalue weighted by atomic mass is 32.1. The number of amides is 1. The summed E-state index contributed by atoms with van der Waals surface area (Å²) in [7, 11) is 0. The number of aromatic carboxylic acids is 1. The van der Waals surface area contributed by atoms with Crippen molar-refractivity contribution in [2.45, 2.75) is 46.5 Å². The van der Waals surface area contributed by atoms with Crippen molar-refractivity contribution in [2.75, 3.05) is 11.1 Å². The summed E-state index contributed by atoms with van der Waals surface area (Å²) >= 11 is 1.13. The average molecular weight is 771 g/mol. The van der Waals surface area contributed by atoms with Crippen molar-refractivity contribution >= 4 is 51.6 Å². The monoisotopic (exact) mass is 770 g/mol. The number of aromatic nitrogens is 2. The zero-order chi connectivity index (χ0) is 38.1. The van der Waals surface area contributed by atoms with Gasteiger partial charge in [0.25, 0.3) is 29.9 Å². The van der Waals surface area contributed by atoms with Crippen LogP contribution in [0.2, 0.25) is 0 Å². The Bertz CT molecular complexity index is 2080. The van der Waals surface area contributed by atoms with Gasteiger partial charge < -0.3 is 25.3 Å². The average Bonchev–Trinajstić information content (AvgIpc) is 3.62. The number of nitrogens with zero attached hydrogens (tertiary/aromatic N) is 4. The minimum atomic E-state index is -4.67. The predicted octanol–water partition coefficient (Wildman–Crippen LogP) is 7.23. The molecule has 4 N–H and O–H groups in total. The van der Waals surface area contributed by atoms with E-state index >= 15 is 0 Å². The van der Waals surface area contributed by atoms with E-state index in [2.05, 4.69) is 10.2 Å². The summed E-state index contributed by atoms with van der Waals surface area (Å²) in [5.41, 5.74) is 2.37. The Morgan fingerprint density at radius 3 is 1.94 bits per heavy atom. The van der Waals surface area contributed by atoms with E-state index in [0.717, 1.165) is 41.9 Å². The Labute approximate surface area is 289 Å². The Morgan fingerprint density at radius 2 is 1.51 bits per heavy atom. The van der Waals surface area contributed by atoms with Crippen LogP contribution in [0.1, 0.15) is 42.1 Å². The van der Waals surface area contributed by atoms with Crippen LogP contribution in [0.5, 0.6) is 0 Å². The number of alkyl halides is 7. The zero-order valence-corrected chi connectivity index (χ0v) is 26.3. The maximum Gasteiger partial charge on any atom is 0.416 e. The highest BCUT2D eigenvalue weighted by Crippen LogP contribution is 2.42. The summed E-state index contributed by atoms with van der Waals surface area (Å²) in [5.74, 6) is -4.46. The Hall–Kier alpha value is -5.61. The van der Waals surface area contributed by atoms with Gasteiger partial charge in [-0.3, -0.25) is 14.4 Å². The number of rotatable bonds is 7. The first-order valence-electron chi connectivity index (χ1n) is 12.9. The van der Waals surface area contributed by atoms with Gasteiger partial charge in [-0.15, -0.1) is 22.7 Å². The quantitative estimate of drug-likeness (QED) is 0.132. The summed E-state index contributed by atoms with van der Waals surface area (Å²) in [6.45, 7) is 6.30. The number of carbonyl (C=O) groups excluding carboxylic acids is 1. The molecule has 0 unspecified atom stereocenters. The maximum absolute atomic E-state index is 13.5. The van der Waals surface area contributed by atoms with Crippen LogP contribution in [0.3, 0.4) is 0 Å². The third-order valence-electron chi connectivity index (χ3n) is 5.60. The molecule has 0 aliphatic rings. The van der Waals surface area contributed by atoms with Gasteiger partial charge in [0.1, 0.15) is 15.8 Å². The minimum Gasteiger partial charge on any atom is -0.477 e. The first kappa shape index (κ1) is 43.4. The molecule has 0 bridgehead atoms. The molecule has 0 aromatic carbocycles. The number of nitrogens with one attached hydrogen (secondary N) is 1. The molecule has 0 atom stereocenters. The van der Waals surface area contributed by atoms with Crippen molar-refractivity contribution in [1.82, 2.24) is 9.13 Å². The molecule has 0 aliphatic heterocycles. The number of thiophene rings is 2. The van der Waals surface area contributed by atoms with E-state index in [-0.39, 0.29) is 35.0 Å². The van der Waals surface area contributed by atoms with Crippen LogP contribution < -0.4 is 22.2 Å². The first-order chi connectivity index (χ1) is 23.2. The number of carbonyl (C=O) groups is 2. The topological polar surface area (TPSA) is 165 Å². The van der Waals surface area contributed by atoms with Gasteiger partial charge in [0.05, 0.1) is 41.5 Å². The van der Waals surface area contributed by atoms with E-state index < -0.39 is 82.2 Å². The van der Waals surface area contributed by atoms with E-state index in [9.17, 15) is 58.7 Å². The Kier molecular flexibility index (Phi) is 15.7. The third-order valence-corrected chi connectivity index (χ3v) is 7.80. The largest absolute Gasteiger partial charge is 0.477 e. The van der Waals surface area contributed by atoms with Crippen molar-refractivity contribution in [3.05, 3.63) is 105 Å². The number of carboxylic acid groups (broad SMARTS) is 1. The molecule has 4 aromatic rings. The van der Waals surface area contributed by atoms with Crippen molar-refractivity contribution in [1.29, 1.82) is 5.26 Å². The number of carboxylic acids is 1. The van der Waals surface area contributed by atoms with Gasteiger partial charge in [-0.2, -0.15) is 18.4 Å². The molecule has 0 saturated carbocycles. The van der Waals surface area contributed by atoms with Crippen LogP contribution in [-0.4, -0.2) is 39.0 Å². The zero-order valence-electron chi connectivity index (χ0n) is 24.7. The number of anilines is 2. The minimum absolute atomic E-state index is 0. The summed E-state index contributed by atoms with van der Waals surface area (Å²) < 4.78 is 112. The number of aryl methyl sites for hydroxylation is 1. The molecule has 0 spiro atoms. The van der Waals surface area contributed by atoms with E-state index in [0.29, 0.717) is 19.6 Å². The normalized spacial score (nSPS) is 10.5. The molecule has 0 fully saturated rings. The second kappa shape index (κ2) is 18.4. The van der Waals surface area contributed by atoms with Crippen LogP contribution in [-0.2, 0) is 19.3 Å². The molecule has 51 heavy (non-hydrogen) atoms. The van der Waals surface area contributed by atoms with Crippen LogP contribution in [0.25, 0.3) is 4.85 Å². The number of hydrogen-bond donors (Lipinski definition) is 3. The number of pyridine rings is 2. The van der Waals surface area contributed by atoms with Crippen molar-refractivity contribution in [2.24, 2.45) is 0 Å². The first-order valence-corrected chi connectivity index (χ1v) is 14.6. The smallest absolute Gasteiger partial charge is 0.416 e. The van der Waals surface area contributed by atoms with Gasteiger partial charge in [-0.05, 0) is 19.1 Å². The standard InChI is InChI=1S/C14H10F3N3O2S.C7H7F3N2O.C7H2F3NO2S.CH4/c1-7-8(4-18)2-11(23-7)13(21)19-9-3-10(15)14(22)20(5-9)6-12(16)17;8-5-1-4(11)2-12(7(5)13)3-6(9)10;1-11-3-2-4(6(12)13)14-5(3)7(8,9)10;/h2-3,5,12H,6H2,1H3,(H,19,21);1-2,6H,3,11H2;2H,(H,12,13);1H4. The lowest BCUT2D eigenvalue weighted by Crippen LogP contribution is -2.26. The molecular formula is C29H23F9N6O5S2. The number of nitriles is 1. The number of hydrogen-bond acceptors (Lipinski definition) is 8. The highest BCUT2D eigenvalue weighted by Gasteiger charge is 2.36. The lowest BCUT2D eigenvalue weighted by molar-refractivity contribution is -0.133. The molecule has 4 rings (SSSR count). The molecule has 4 heterocycles. The maximum atomic E-state index is 13.5. The lowest BCUT2D eigenvalue weighted by atomic mass is 10.2. The molecule has 0 radical (unpaired) electrons. The molecule has 1 amide bonds. The molecule has 11 nitrogen and oxygen atoms in total. The van der Waals surface area contributed by atoms with Gasteiger partial charge in [-0.25, -0.2) is 36.0 Å². The van der Waals surface area contributed by atoms with E-state index in [1.165, 1.54) is 6.07 Å². The second-order valence-electron chi connectivity index (χ2n) is 9.28. The summed E-state index contributed by atoms with van der Waals surface area (Å²) in [5, 5.41) is 19.6. The van der Waals surface area contributed by atoms with E-state index in [1.807, 2.05) is 6.07 Å². The lowest BCUT2D eigenvalue weighted by Gasteiger charge is -2.09. The SMILES string of the molecule is C.Cc1sc(C(=O)Nc2cc(F)c(=O)n(CC(F)F)c2)cc1C#N.Nc1cc(F)c(=O)n(CC(F)F)c1.[C-]#[N+]c1cc(C(=O)O)sc1C(F)(F)F. The van der Waals surface area contributed by atoms with Crippen molar-refractivity contribution in [3.63, 3.8) is 0 Å². The highest BCUT2D eigenvalue weighted by molar-refractivity contribution is 7.14. The van der Waals surface area contributed by atoms with Crippen LogP contribution >= 0.6 is 22.7 Å². The molecule has 0 aliphatic carbocycles. The predicted molar refractivity (Wildman–Crippen MR) is 169 cm³/mol. The Balaban J connectivity index is 0.000000402. The van der Waals surface area contributed by atoms with Gasteiger partial charge in [0.2, 0.25) is 5.69 Å². The fourth-order valence-electron chi connectivity index (χ4n) is 3.53. The van der Waals surface area contributed by atoms with Crippen LogP contribution in [0.15, 0.2) is 46.2 Å². The second-order valence-corrected chi connectivity index (χ2v) is 11.6. The fourth-order valence-corrected chi connectivity index (χ4v) is 5.20. The molecular weight excluding hydrogens is 747 g/mol. The van der Waals surface area contributed by atoms with E-state index in [1.54, 1.807) is 6.92 Å². The van der Waals surface area contributed by atoms with Crippen molar-refractivity contribution in [3.8, 4) is 6.07 Å².